The topological polar surface area (TPSA) is 55.1 Å². The van der Waals surface area contributed by atoms with Crippen LogP contribution < -0.4 is 0 Å². The van der Waals surface area contributed by atoms with Gasteiger partial charge in [-0.3, -0.25) is 9.48 Å². The van der Waals surface area contributed by atoms with Crippen molar-refractivity contribution in [3.05, 3.63) is 18.0 Å². The van der Waals surface area contributed by atoms with Crippen LogP contribution in [-0.2, 0) is 17.5 Å². The van der Waals surface area contributed by atoms with Crippen LogP contribution in [0.3, 0.4) is 0 Å². The normalized spacial score (nSPS) is 45.2. The number of fused-ring (bicyclic) bond motifs is 5. The number of Topliss-reactive ketones (excluding diaryl/α,β-unsaturated/α-hetero) is 1. The third-order valence-electron chi connectivity index (χ3n) is 10.2. The van der Waals surface area contributed by atoms with Crippen molar-refractivity contribution in [1.82, 2.24) is 9.78 Å². The second kappa shape index (κ2) is 7.82. The van der Waals surface area contributed by atoms with Gasteiger partial charge in [-0.25, -0.2) is 0 Å². The van der Waals surface area contributed by atoms with Gasteiger partial charge in [0.1, 0.15) is 0 Å². The fourth-order valence-electron chi connectivity index (χ4n) is 8.99. The zero-order chi connectivity index (χ0) is 23.8. The van der Waals surface area contributed by atoms with Gasteiger partial charge < -0.3 is 5.11 Å². The summed E-state index contributed by atoms with van der Waals surface area (Å²) in [6.45, 7) is 6.47. The van der Waals surface area contributed by atoms with Crippen LogP contribution in [-0.4, -0.2) is 26.3 Å². The number of carbonyl (C=O) groups is 1. The van der Waals surface area contributed by atoms with E-state index in [2.05, 4.69) is 18.9 Å². The average molecular weight is 467 g/mol. The number of rotatable bonds is 3. The number of alkyl halides is 3. The second-order valence-electron chi connectivity index (χ2n) is 12.3. The number of hydrogen-bond acceptors (Lipinski definition) is 3. The molecule has 0 spiro atoms. The summed E-state index contributed by atoms with van der Waals surface area (Å²) >= 11 is 0. The van der Waals surface area contributed by atoms with Crippen LogP contribution in [0.15, 0.2) is 12.3 Å². The second-order valence-corrected chi connectivity index (χ2v) is 12.3. The largest absolute Gasteiger partial charge is 0.435 e. The lowest BCUT2D eigenvalue weighted by atomic mass is 9.48. The fourth-order valence-corrected chi connectivity index (χ4v) is 8.99. The van der Waals surface area contributed by atoms with Gasteiger partial charge in [-0.15, -0.1) is 0 Å². The smallest absolute Gasteiger partial charge is 0.390 e. The van der Waals surface area contributed by atoms with Gasteiger partial charge in [0, 0.05) is 12.1 Å². The molecule has 4 aliphatic carbocycles. The maximum absolute atomic E-state index is 13.4. The third kappa shape index (κ3) is 3.96. The van der Waals surface area contributed by atoms with E-state index >= 15 is 0 Å². The Labute approximate surface area is 194 Å². The molecule has 4 saturated carbocycles. The van der Waals surface area contributed by atoms with E-state index in [1.54, 1.807) is 0 Å². The molecule has 0 amide bonds. The number of halogens is 3. The minimum Gasteiger partial charge on any atom is -0.390 e. The molecule has 0 aliphatic heterocycles. The van der Waals surface area contributed by atoms with Crippen molar-refractivity contribution in [2.45, 2.75) is 90.5 Å². The lowest BCUT2D eigenvalue weighted by Crippen LogP contribution is -2.51. The Hall–Kier alpha value is -1.37. The van der Waals surface area contributed by atoms with E-state index < -0.39 is 17.5 Å². The van der Waals surface area contributed by atoms with E-state index in [1.165, 1.54) is 19.0 Å². The molecular weight excluding hydrogens is 429 g/mol. The van der Waals surface area contributed by atoms with Crippen molar-refractivity contribution in [3.63, 3.8) is 0 Å². The molecule has 4 nitrogen and oxygen atoms in total. The Kier molecular flexibility index (Phi) is 5.54. The zero-order valence-corrected chi connectivity index (χ0v) is 19.9. The van der Waals surface area contributed by atoms with Crippen LogP contribution >= 0.6 is 0 Å². The average Bonchev–Trinajstić information content (AvgIpc) is 3.29. The van der Waals surface area contributed by atoms with Gasteiger partial charge in [0.15, 0.2) is 11.5 Å². The van der Waals surface area contributed by atoms with Crippen LogP contribution in [0.25, 0.3) is 0 Å². The van der Waals surface area contributed by atoms with Crippen LogP contribution in [0.4, 0.5) is 13.2 Å². The van der Waals surface area contributed by atoms with E-state index in [9.17, 15) is 23.1 Å². The molecule has 4 fully saturated rings. The summed E-state index contributed by atoms with van der Waals surface area (Å²) in [5.74, 6) is 3.50. The van der Waals surface area contributed by atoms with E-state index in [0.717, 1.165) is 49.3 Å². The Morgan fingerprint density at radius 3 is 2.58 bits per heavy atom. The van der Waals surface area contributed by atoms with Gasteiger partial charge in [0.25, 0.3) is 0 Å². The minimum atomic E-state index is -4.49. The summed E-state index contributed by atoms with van der Waals surface area (Å²) < 4.78 is 39.9. The summed E-state index contributed by atoms with van der Waals surface area (Å²) in [6.07, 6.45) is 5.05. The zero-order valence-electron chi connectivity index (χ0n) is 19.9. The Bertz CT molecular complexity index is 910. The summed E-state index contributed by atoms with van der Waals surface area (Å²) in [5.41, 5.74) is -1.54. The van der Waals surface area contributed by atoms with Gasteiger partial charge >= 0.3 is 6.18 Å². The number of aromatic nitrogens is 2. The monoisotopic (exact) mass is 466 g/mol. The first-order valence-electron chi connectivity index (χ1n) is 12.7. The SMILES string of the molecule is C[C@@H]1C[C@H](C(=O)Cn2ccc(C(F)(F)F)n2)[C@@]2(C)CC[C@H]3[C@@H](CC[C@@H]4C[C@](C)(O)CC[C@@H]43)[C@H]12. The summed E-state index contributed by atoms with van der Waals surface area (Å²) in [6, 6.07) is 0.945. The molecule has 0 aromatic carbocycles. The highest BCUT2D eigenvalue weighted by Gasteiger charge is 2.61. The number of aliphatic hydroxyl groups is 1. The minimum absolute atomic E-state index is 0.0320. The first kappa shape index (κ1) is 23.4. The first-order chi connectivity index (χ1) is 15.4. The molecule has 184 valence electrons. The number of nitrogens with zero attached hydrogens (tertiary/aromatic N) is 2. The van der Waals surface area contributed by atoms with Gasteiger partial charge in [-0.1, -0.05) is 13.8 Å². The van der Waals surface area contributed by atoms with E-state index in [1.807, 2.05) is 6.92 Å². The molecular formula is C26H37F3N2O2. The van der Waals surface area contributed by atoms with Crippen molar-refractivity contribution in [1.29, 1.82) is 0 Å². The predicted molar refractivity (Wildman–Crippen MR) is 118 cm³/mol. The van der Waals surface area contributed by atoms with Crippen LogP contribution in [0, 0.1) is 46.8 Å². The molecule has 4 aliphatic rings. The van der Waals surface area contributed by atoms with Crippen molar-refractivity contribution >= 4 is 5.78 Å². The van der Waals surface area contributed by atoms with Crippen molar-refractivity contribution in [2.75, 3.05) is 0 Å². The van der Waals surface area contributed by atoms with E-state index in [-0.39, 0.29) is 23.7 Å². The standard InChI is InChI=1S/C26H37F3N2O2/c1-15-12-20(21(32)14-31-11-8-22(30-31)26(27,28)29)25(3)10-7-18-17-6-9-24(2,33)13-16(17)4-5-19(18)23(15)25/h8,11,15-20,23,33H,4-7,9-10,12-14H2,1-3H3/t15-,16-,17+,18-,19-,20-,23+,24-,25-/m1/s1. The molecule has 0 radical (unpaired) electrons. The number of carbonyl (C=O) groups excluding carboxylic acids is 1. The van der Waals surface area contributed by atoms with Gasteiger partial charge in [-0.05, 0) is 105 Å². The molecule has 7 heteroatoms. The van der Waals surface area contributed by atoms with E-state index in [0.29, 0.717) is 35.5 Å². The third-order valence-corrected chi connectivity index (χ3v) is 10.2. The summed E-state index contributed by atoms with van der Waals surface area (Å²) in [7, 11) is 0. The van der Waals surface area contributed by atoms with Gasteiger partial charge in [-0.2, -0.15) is 18.3 Å². The molecule has 1 aromatic rings. The number of ketones is 1. The lowest BCUT2D eigenvalue weighted by Gasteiger charge is -2.57. The molecule has 1 aromatic heterocycles. The highest BCUT2D eigenvalue weighted by molar-refractivity contribution is 5.82. The Morgan fingerprint density at radius 2 is 1.88 bits per heavy atom. The molecule has 33 heavy (non-hydrogen) atoms. The molecule has 1 N–H and O–H groups in total. The van der Waals surface area contributed by atoms with Crippen molar-refractivity contribution in [2.24, 2.45) is 46.8 Å². The van der Waals surface area contributed by atoms with Crippen LogP contribution in [0.5, 0.6) is 0 Å². The molecule has 1 heterocycles. The summed E-state index contributed by atoms with van der Waals surface area (Å²) in [5, 5.41) is 14.2. The quantitative estimate of drug-likeness (QED) is 0.618. The molecule has 9 atom stereocenters. The molecule has 0 saturated heterocycles. The van der Waals surface area contributed by atoms with Crippen molar-refractivity contribution < 1.29 is 23.1 Å². The van der Waals surface area contributed by atoms with Crippen molar-refractivity contribution in [3.8, 4) is 0 Å². The summed E-state index contributed by atoms with van der Waals surface area (Å²) in [4.78, 5) is 13.4. The van der Waals surface area contributed by atoms with Crippen LogP contribution in [0.1, 0.15) is 77.8 Å². The van der Waals surface area contributed by atoms with Gasteiger partial charge in [0.2, 0.25) is 0 Å². The fraction of sp³-hybridized carbons (Fsp3) is 0.846. The van der Waals surface area contributed by atoms with Crippen LogP contribution in [0.2, 0.25) is 0 Å². The highest BCUT2D eigenvalue weighted by Crippen LogP contribution is 2.66. The van der Waals surface area contributed by atoms with E-state index in [4.69, 9.17) is 0 Å². The predicted octanol–water partition coefficient (Wildman–Crippen LogP) is 5.74. The Balaban J connectivity index is 1.32. The highest BCUT2D eigenvalue weighted by atomic mass is 19.4. The maximum Gasteiger partial charge on any atom is 0.435 e. The molecule has 5 rings (SSSR count). The number of hydrogen-bond donors (Lipinski definition) is 1. The van der Waals surface area contributed by atoms with Gasteiger partial charge in [0.05, 0.1) is 12.1 Å². The maximum atomic E-state index is 13.4. The Morgan fingerprint density at radius 1 is 1.15 bits per heavy atom. The molecule has 0 bridgehead atoms. The lowest BCUT2D eigenvalue weighted by molar-refractivity contribution is -0.142. The first-order valence-corrected chi connectivity index (χ1v) is 12.7. The molecule has 0 unspecified atom stereocenters.